The Balaban J connectivity index is 2.12. The molecular weight excluding hydrogens is 312 g/mol. The Morgan fingerprint density at radius 3 is 2.29 bits per heavy atom. The summed E-state index contributed by atoms with van der Waals surface area (Å²) in [6.45, 7) is 4.85. The smallest absolute Gasteiger partial charge is 0.342 e. The van der Waals surface area contributed by atoms with Crippen molar-refractivity contribution >= 4 is 11.8 Å². The lowest BCUT2D eigenvalue weighted by Gasteiger charge is -2.10. The van der Waals surface area contributed by atoms with Gasteiger partial charge in [-0.1, -0.05) is 0 Å². The van der Waals surface area contributed by atoms with Crippen molar-refractivity contribution in [1.82, 2.24) is 0 Å². The SMILES string of the molecule is COc1ccc(C(=O)COC(=O)c2c(C)oc(C)c2C)c(OC)c1. The molecule has 1 heterocycles. The molecule has 1 aromatic carbocycles. The summed E-state index contributed by atoms with van der Waals surface area (Å²) in [6, 6.07) is 4.82. The predicted molar refractivity (Wildman–Crippen MR) is 87.1 cm³/mol. The third-order valence-electron chi connectivity index (χ3n) is 3.81. The summed E-state index contributed by atoms with van der Waals surface area (Å²) in [5, 5.41) is 0. The number of carbonyl (C=O) groups is 2. The van der Waals surface area contributed by atoms with Crippen LogP contribution < -0.4 is 9.47 Å². The molecule has 0 unspecified atom stereocenters. The van der Waals surface area contributed by atoms with Crippen molar-refractivity contribution in [3.05, 3.63) is 46.4 Å². The van der Waals surface area contributed by atoms with Gasteiger partial charge < -0.3 is 18.6 Å². The first-order valence-corrected chi connectivity index (χ1v) is 7.38. The molecule has 2 aromatic rings. The lowest BCUT2D eigenvalue weighted by molar-refractivity contribution is 0.0471. The third kappa shape index (κ3) is 3.42. The standard InChI is InChI=1S/C18H20O6/c1-10-11(2)24-12(3)17(10)18(20)23-9-15(19)14-7-6-13(21-4)8-16(14)22-5/h6-8H,9H2,1-5H3. The van der Waals surface area contributed by atoms with Crippen LogP contribution in [0.2, 0.25) is 0 Å². The van der Waals surface area contributed by atoms with Crippen molar-refractivity contribution in [3.8, 4) is 11.5 Å². The molecule has 0 radical (unpaired) electrons. The highest BCUT2D eigenvalue weighted by atomic mass is 16.5. The van der Waals surface area contributed by atoms with Gasteiger partial charge in [0.2, 0.25) is 5.78 Å². The van der Waals surface area contributed by atoms with Gasteiger partial charge in [0.05, 0.1) is 19.8 Å². The second-order valence-corrected chi connectivity index (χ2v) is 5.28. The Labute approximate surface area is 140 Å². The average Bonchev–Trinajstić information content (AvgIpc) is 2.84. The molecule has 0 spiro atoms. The van der Waals surface area contributed by atoms with Crippen molar-refractivity contribution in [2.45, 2.75) is 20.8 Å². The maximum atomic E-state index is 12.3. The normalized spacial score (nSPS) is 10.4. The fourth-order valence-electron chi connectivity index (χ4n) is 2.40. The van der Waals surface area contributed by atoms with Crippen LogP contribution >= 0.6 is 0 Å². The minimum atomic E-state index is -0.581. The minimum Gasteiger partial charge on any atom is -0.497 e. The van der Waals surface area contributed by atoms with Gasteiger partial charge in [0.15, 0.2) is 6.61 Å². The van der Waals surface area contributed by atoms with Crippen molar-refractivity contribution in [3.63, 3.8) is 0 Å². The molecule has 1 aromatic heterocycles. The number of ketones is 1. The first kappa shape index (κ1) is 17.6. The number of ether oxygens (including phenoxy) is 3. The topological polar surface area (TPSA) is 75.0 Å². The Kier molecular flexibility index (Phi) is 5.28. The number of methoxy groups -OCH3 is 2. The average molecular weight is 332 g/mol. The molecule has 0 aliphatic rings. The summed E-state index contributed by atoms with van der Waals surface area (Å²) >= 11 is 0. The van der Waals surface area contributed by atoms with Crippen LogP contribution in [-0.2, 0) is 4.74 Å². The lowest BCUT2D eigenvalue weighted by atomic mass is 10.1. The zero-order valence-electron chi connectivity index (χ0n) is 14.4. The monoisotopic (exact) mass is 332 g/mol. The number of benzene rings is 1. The van der Waals surface area contributed by atoms with E-state index in [-0.39, 0.29) is 12.4 Å². The molecule has 0 bridgehead atoms. The van der Waals surface area contributed by atoms with Crippen LogP contribution in [0, 0.1) is 20.8 Å². The number of carbonyl (C=O) groups excluding carboxylic acids is 2. The molecule has 128 valence electrons. The van der Waals surface area contributed by atoms with E-state index in [9.17, 15) is 9.59 Å². The molecule has 0 atom stereocenters. The van der Waals surface area contributed by atoms with Gasteiger partial charge >= 0.3 is 5.97 Å². The van der Waals surface area contributed by atoms with Crippen molar-refractivity contribution in [2.24, 2.45) is 0 Å². The summed E-state index contributed by atoms with van der Waals surface area (Å²) in [4.78, 5) is 24.5. The van der Waals surface area contributed by atoms with Crippen LogP contribution in [0.1, 0.15) is 37.8 Å². The lowest BCUT2D eigenvalue weighted by Crippen LogP contribution is -2.16. The number of rotatable bonds is 6. The molecule has 0 aliphatic heterocycles. The van der Waals surface area contributed by atoms with Gasteiger partial charge in [-0.3, -0.25) is 4.79 Å². The van der Waals surface area contributed by atoms with Crippen LogP contribution in [0.15, 0.2) is 22.6 Å². The molecule has 0 saturated carbocycles. The highest BCUT2D eigenvalue weighted by Gasteiger charge is 2.22. The van der Waals surface area contributed by atoms with E-state index in [0.29, 0.717) is 39.7 Å². The molecule has 0 saturated heterocycles. The number of Topliss-reactive ketones (excluding diaryl/α,β-unsaturated/α-hetero) is 1. The van der Waals surface area contributed by atoms with Gasteiger partial charge in [0.25, 0.3) is 0 Å². The number of esters is 1. The molecule has 6 nitrogen and oxygen atoms in total. The van der Waals surface area contributed by atoms with E-state index >= 15 is 0 Å². The number of hydrogen-bond donors (Lipinski definition) is 0. The predicted octanol–water partition coefficient (Wildman–Crippen LogP) is 3.26. The molecule has 24 heavy (non-hydrogen) atoms. The third-order valence-corrected chi connectivity index (χ3v) is 3.81. The van der Waals surface area contributed by atoms with Gasteiger partial charge in [0, 0.05) is 11.6 Å². The Morgan fingerprint density at radius 1 is 1.04 bits per heavy atom. The molecule has 0 amide bonds. The summed E-state index contributed by atoms with van der Waals surface area (Å²) in [5.74, 6) is 1.12. The van der Waals surface area contributed by atoms with Crippen LogP contribution in [-0.4, -0.2) is 32.6 Å². The molecule has 2 rings (SSSR count). The number of aryl methyl sites for hydroxylation is 2. The van der Waals surface area contributed by atoms with E-state index in [1.807, 2.05) is 0 Å². The second-order valence-electron chi connectivity index (χ2n) is 5.28. The van der Waals surface area contributed by atoms with Crippen molar-refractivity contribution in [1.29, 1.82) is 0 Å². The van der Waals surface area contributed by atoms with Crippen LogP contribution in [0.5, 0.6) is 11.5 Å². The summed E-state index contributed by atoms with van der Waals surface area (Å²) < 4.78 is 20.8. The Morgan fingerprint density at radius 2 is 1.75 bits per heavy atom. The van der Waals surface area contributed by atoms with E-state index in [2.05, 4.69) is 0 Å². The van der Waals surface area contributed by atoms with Gasteiger partial charge in [-0.05, 0) is 32.9 Å². The van der Waals surface area contributed by atoms with E-state index < -0.39 is 5.97 Å². The van der Waals surface area contributed by atoms with E-state index in [1.165, 1.54) is 14.2 Å². The number of furan rings is 1. The molecule has 6 heteroatoms. The minimum absolute atomic E-state index is 0.322. The van der Waals surface area contributed by atoms with E-state index in [0.717, 1.165) is 0 Å². The maximum Gasteiger partial charge on any atom is 0.342 e. The summed E-state index contributed by atoms with van der Waals surface area (Å²) in [7, 11) is 2.98. The first-order valence-electron chi connectivity index (χ1n) is 7.38. The second kappa shape index (κ2) is 7.21. The zero-order valence-corrected chi connectivity index (χ0v) is 14.4. The molecule has 0 fully saturated rings. The molecule has 0 aliphatic carbocycles. The van der Waals surface area contributed by atoms with Gasteiger partial charge in [-0.2, -0.15) is 0 Å². The van der Waals surface area contributed by atoms with Gasteiger partial charge in [-0.15, -0.1) is 0 Å². The Bertz CT molecular complexity index is 772. The maximum absolute atomic E-state index is 12.3. The van der Waals surface area contributed by atoms with Gasteiger partial charge in [-0.25, -0.2) is 4.79 Å². The first-order chi connectivity index (χ1) is 11.4. The van der Waals surface area contributed by atoms with Crippen LogP contribution in [0.25, 0.3) is 0 Å². The largest absolute Gasteiger partial charge is 0.497 e. The van der Waals surface area contributed by atoms with Crippen LogP contribution in [0.3, 0.4) is 0 Å². The Hall–Kier alpha value is -2.76. The quantitative estimate of drug-likeness (QED) is 0.597. The van der Waals surface area contributed by atoms with Crippen molar-refractivity contribution < 1.29 is 28.2 Å². The van der Waals surface area contributed by atoms with E-state index in [4.69, 9.17) is 18.6 Å². The molecular formula is C18H20O6. The summed E-state index contributed by atoms with van der Waals surface area (Å²) in [5.41, 5.74) is 1.40. The van der Waals surface area contributed by atoms with Gasteiger partial charge in [0.1, 0.15) is 28.6 Å². The highest BCUT2D eigenvalue weighted by Crippen LogP contribution is 2.25. The van der Waals surface area contributed by atoms with Crippen LogP contribution in [0.4, 0.5) is 0 Å². The zero-order chi connectivity index (χ0) is 17.9. The summed E-state index contributed by atoms with van der Waals surface area (Å²) in [6.07, 6.45) is 0. The van der Waals surface area contributed by atoms with E-state index in [1.54, 1.807) is 39.0 Å². The fraction of sp³-hybridized carbons (Fsp3) is 0.333. The fourth-order valence-corrected chi connectivity index (χ4v) is 2.40. The highest BCUT2D eigenvalue weighted by molar-refractivity contribution is 6.01. The van der Waals surface area contributed by atoms with Crippen molar-refractivity contribution in [2.75, 3.05) is 20.8 Å². The number of hydrogen-bond acceptors (Lipinski definition) is 6. The molecule has 0 N–H and O–H groups in total.